The monoisotopic (exact) mass is 211 g/mol. The molecule has 14 heavy (non-hydrogen) atoms. The molecular weight excluding hydrogens is 198 g/mol. The number of rotatable bonds is 3. The zero-order valence-electron chi connectivity index (χ0n) is 8.28. The first kappa shape index (κ1) is 9.71. The van der Waals surface area contributed by atoms with Crippen molar-refractivity contribution in [3.8, 4) is 0 Å². The van der Waals surface area contributed by atoms with E-state index in [9.17, 15) is 0 Å². The van der Waals surface area contributed by atoms with Crippen molar-refractivity contribution in [2.45, 2.75) is 31.2 Å². The van der Waals surface area contributed by atoms with Gasteiger partial charge in [-0.05, 0) is 19.3 Å². The Kier molecular flexibility index (Phi) is 2.87. The first-order valence-corrected chi connectivity index (χ1v) is 5.44. The van der Waals surface area contributed by atoms with Gasteiger partial charge in [0.25, 0.3) is 0 Å². The second kappa shape index (κ2) is 4.13. The van der Waals surface area contributed by atoms with Crippen LogP contribution in [-0.4, -0.2) is 23.1 Å². The normalized spacial score (nSPS) is 16.4. The summed E-state index contributed by atoms with van der Waals surface area (Å²) in [7, 11) is 2.09. The van der Waals surface area contributed by atoms with E-state index in [2.05, 4.69) is 21.9 Å². The average Bonchev–Trinajstić information content (AvgIpc) is 2.15. The van der Waals surface area contributed by atoms with Crippen LogP contribution in [-0.2, 0) is 5.88 Å². The fraction of sp³-hybridized carbons (Fsp3) is 0.600. The number of aromatic nitrogens is 2. The molecule has 0 saturated heterocycles. The Hall–Kier alpha value is -0.830. The number of hydrogen-bond donors (Lipinski definition) is 0. The van der Waals surface area contributed by atoms with Gasteiger partial charge in [0.15, 0.2) is 0 Å². The molecule has 4 heteroatoms. The van der Waals surface area contributed by atoms with Crippen molar-refractivity contribution in [3.05, 3.63) is 18.1 Å². The minimum absolute atomic E-state index is 0.479. The Bertz CT molecular complexity index is 312. The minimum Gasteiger partial charge on any atom is -0.356 e. The van der Waals surface area contributed by atoms with E-state index in [1.165, 1.54) is 19.3 Å². The molecule has 1 saturated carbocycles. The number of alkyl halides is 1. The van der Waals surface area contributed by atoms with Gasteiger partial charge in [0.2, 0.25) is 0 Å². The lowest BCUT2D eigenvalue weighted by Gasteiger charge is -2.36. The van der Waals surface area contributed by atoms with Gasteiger partial charge in [-0.25, -0.2) is 9.97 Å². The zero-order chi connectivity index (χ0) is 9.97. The first-order chi connectivity index (χ1) is 6.83. The molecule has 1 aliphatic carbocycles. The van der Waals surface area contributed by atoms with Gasteiger partial charge >= 0.3 is 0 Å². The summed E-state index contributed by atoms with van der Waals surface area (Å²) < 4.78 is 0. The van der Waals surface area contributed by atoms with Crippen molar-refractivity contribution in [2.24, 2.45) is 0 Å². The van der Waals surface area contributed by atoms with E-state index in [0.717, 1.165) is 11.4 Å². The summed E-state index contributed by atoms with van der Waals surface area (Å²) in [6.07, 6.45) is 7.24. The van der Waals surface area contributed by atoms with Gasteiger partial charge < -0.3 is 4.90 Å². The van der Waals surface area contributed by atoms with Crippen LogP contribution in [0.25, 0.3) is 0 Å². The molecule has 76 valence electrons. The van der Waals surface area contributed by atoms with Crippen LogP contribution in [0, 0.1) is 0 Å². The molecule has 0 unspecified atom stereocenters. The molecule has 1 aliphatic rings. The first-order valence-electron chi connectivity index (χ1n) is 4.90. The van der Waals surface area contributed by atoms with Crippen LogP contribution < -0.4 is 4.90 Å². The molecular formula is C10H14ClN3. The van der Waals surface area contributed by atoms with E-state index in [1.54, 1.807) is 12.5 Å². The van der Waals surface area contributed by atoms with Crippen molar-refractivity contribution in [3.63, 3.8) is 0 Å². The standard InChI is InChI=1S/C10H14ClN3/c1-14(9-3-2-4-9)10-8(5-11)6-12-7-13-10/h6-7,9H,2-5H2,1H3. The van der Waals surface area contributed by atoms with Gasteiger partial charge in [-0.15, -0.1) is 11.6 Å². The molecule has 3 nitrogen and oxygen atoms in total. The lowest BCUT2D eigenvalue weighted by molar-refractivity contribution is 0.398. The molecule has 0 radical (unpaired) electrons. The Labute approximate surface area is 89.1 Å². The molecule has 0 aliphatic heterocycles. The lowest BCUT2D eigenvalue weighted by atomic mass is 9.92. The van der Waals surface area contributed by atoms with Gasteiger partial charge in [0, 0.05) is 24.8 Å². The van der Waals surface area contributed by atoms with Crippen molar-refractivity contribution >= 4 is 17.4 Å². The molecule has 1 heterocycles. The second-order valence-corrected chi connectivity index (χ2v) is 3.97. The maximum absolute atomic E-state index is 5.84. The van der Waals surface area contributed by atoms with E-state index < -0.39 is 0 Å². The molecule has 0 aromatic carbocycles. The molecule has 1 fully saturated rings. The third kappa shape index (κ3) is 1.69. The molecule has 1 aromatic heterocycles. The summed E-state index contributed by atoms with van der Waals surface area (Å²) >= 11 is 5.84. The molecule has 1 aromatic rings. The second-order valence-electron chi connectivity index (χ2n) is 3.70. The Morgan fingerprint density at radius 2 is 2.36 bits per heavy atom. The van der Waals surface area contributed by atoms with E-state index in [-0.39, 0.29) is 0 Å². The summed E-state index contributed by atoms with van der Waals surface area (Å²) in [4.78, 5) is 10.5. The van der Waals surface area contributed by atoms with E-state index in [4.69, 9.17) is 11.6 Å². The molecule has 0 N–H and O–H groups in total. The number of nitrogens with zero attached hydrogens (tertiary/aromatic N) is 3. The highest BCUT2D eigenvalue weighted by Crippen LogP contribution is 2.28. The van der Waals surface area contributed by atoms with Crippen molar-refractivity contribution in [2.75, 3.05) is 11.9 Å². The average molecular weight is 212 g/mol. The molecule has 0 spiro atoms. The van der Waals surface area contributed by atoms with Crippen LogP contribution in [0.2, 0.25) is 0 Å². The summed E-state index contributed by atoms with van der Waals surface area (Å²) in [5.74, 6) is 1.47. The third-order valence-corrected chi connectivity index (χ3v) is 3.15. The maximum Gasteiger partial charge on any atom is 0.136 e. The molecule has 0 amide bonds. The summed E-state index contributed by atoms with van der Waals surface area (Å²) in [5.41, 5.74) is 1.02. The predicted molar refractivity (Wildman–Crippen MR) is 57.6 cm³/mol. The highest BCUT2D eigenvalue weighted by molar-refractivity contribution is 6.17. The highest BCUT2D eigenvalue weighted by Gasteiger charge is 2.24. The van der Waals surface area contributed by atoms with Gasteiger partial charge in [-0.1, -0.05) is 0 Å². The smallest absolute Gasteiger partial charge is 0.136 e. The van der Waals surface area contributed by atoms with Crippen molar-refractivity contribution in [1.29, 1.82) is 0 Å². The number of hydrogen-bond acceptors (Lipinski definition) is 3. The van der Waals surface area contributed by atoms with Crippen LogP contribution in [0.1, 0.15) is 24.8 Å². The topological polar surface area (TPSA) is 29.0 Å². The predicted octanol–water partition coefficient (Wildman–Crippen LogP) is 2.20. The highest BCUT2D eigenvalue weighted by atomic mass is 35.5. The summed E-state index contributed by atoms with van der Waals surface area (Å²) in [6.45, 7) is 0. The lowest BCUT2D eigenvalue weighted by Crippen LogP contribution is -2.38. The number of halogens is 1. The van der Waals surface area contributed by atoms with Crippen LogP contribution in [0.5, 0.6) is 0 Å². The summed E-state index contributed by atoms with van der Waals surface area (Å²) in [6, 6.07) is 0.645. The Balaban J connectivity index is 2.20. The zero-order valence-corrected chi connectivity index (χ0v) is 9.04. The number of anilines is 1. The van der Waals surface area contributed by atoms with Crippen LogP contribution in [0.4, 0.5) is 5.82 Å². The van der Waals surface area contributed by atoms with Crippen LogP contribution in [0.3, 0.4) is 0 Å². The quantitative estimate of drug-likeness (QED) is 0.718. The van der Waals surface area contributed by atoms with Crippen LogP contribution >= 0.6 is 11.6 Å². The van der Waals surface area contributed by atoms with Gasteiger partial charge in [0.05, 0.1) is 5.88 Å². The van der Waals surface area contributed by atoms with Crippen molar-refractivity contribution < 1.29 is 0 Å². The van der Waals surface area contributed by atoms with E-state index >= 15 is 0 Å². The molecule has 2 rings (SSSR count). The van der Waals surface area contributed by atoms with Gasteiger partial charge in [-0.3, -0.25) is 0 Å². The molecule has 0 atom stereocenters. The fourth-order valence-electron chi connectivity index (χ4n) is 1.71. The Morgan fingerprint density at radius 1 is 1.57 bits per heavy atom. The van der Waals surface area contributed by atoms with E-state index in [1.807, 2.05) is 0 Å². The third-order valence-electron chi connectivity index (χ3n) is 2.86. The SMILES string of the molecule is CN(c1ncncc1CCl)C1CCC1. The minimum atomic E-state index is 0.479. The Morgan fingerprint density at radius 3 is 2.93 bits per heavy atom. The summed E-state index contributed by atoms with van der Waals surface area (Å²) in [5, 5.41) is 0. The van der Waals surface area contributed by atoms with Gasteiger partial charge in [0.1, 0.15) is 12.1 Å². The largest absolute Gasteiger partial charge is 0.356 e. The van der Waals surface area contributed by atoms with E-state index in [0.29, 0.717) is 11.9 Å². The fourth-order valence-corrected chi connectivity index (χ4v) is 1.90. The maximum atomic E-state index is 5.84. The van der Waals surface area contributed by atoms with Crippen LogP contribution in [0.15, 0.2) is 12.5 Å². The van der Waals surface area contributed by atoms with Crippen molar-refractivity contribution in [1.82, 2.24) is 9.97 Å². The van der Waals surface area contributed by atoms with Gasteiger partial charge in [-0.2, -0.15) is 0 Å². The molecule has 0 bridgehead atoms.